The topological polar surface area (TPSA) is 75.7 Å². The minimum absolute atomic E-state index is 0.0323. The molecule has 0 aliphatic rings. The number of methoxy groups -OCH3 is 1. The maximum absolute atomic E-state index is 13.5. The molecule has 0 heterocycles. The van der Waals surface area contributed by atoms with Crippen LogP contribution in [0.3, 0.4) is 0 Å². The number of nitrogens with zero attached hydrogens (tertiary/aromatic N) is 1. The quantitative estimate of drug-likeness (QED) is 0.433. The number of ether oxygens (including phenoxy) is 1. The molecule has 0 aliphatic heterocycles. The van der Waals surface area contributed by atoms with Gasteiger partial charge in [-0.15, -0.1) is 0 Å². The van der Waals surface area contributed by atoms with Crippen LogP contribution in [0.1, 0.15) is 11.1 Å². The Hall–Kier alpha value is -2.58. The summed E-state index contributed by atoms with van der Waals surface area (Å²) >= 11 is 12.2. The van der Waals surface area contributed by atoms with Crippen LogP contribution in [-0.2, 0) is 21.2 Å². The molecule has 1 N–H and O–H groups in total. The molecule has 6 nitrogen and oxygen atoms in total. The average Bonchev–Trinajstić information content (AvgIpc) is 2.79. The van der Waals surface area contributed by atoms with Gasteiger partial charge in [0.25, 0.3) is 0 Å². The number of amides is 1. The predicted octanol–water partition coefficient (Wildman–Crippen LogP) is 5.18. The molecule has 0 fully saturated rings. The normalized spacial score (nSPS) is 11.4. The number of rotatable bonds is 9. The molecule has 0 unspecified atom stereocenters. The van der Waals surface area contributed by atoms with Crippen LogP contribution < -0.4 is 10.1 Å². The van der Waals surface area contributed by atoms with Gasteiger partial charge in [0.2, 0.25) is 15.9 Å². The maximum atomic E-state index is 13.5. The van der Waals surface area contributed by atoms with Gasteiger partial charge in [0, 0.05) is 11.6 Å². The summed E-state index contributed by atoms with van der Waals surface area (Å²) in [6, 6.07) is 19.0. The summed E-state index contributed by atoms with van der Waals surface area (Å²) in [6.07, 6.45) is 0.416. The van der Waals surface area contributed by atoms with E-state index in [1.165, 1.54) is 25.3 Å². The number of carbonyl (C=O) groups excluding carboxylic acids is 1. The van der Waals surface area contributed by atoms with Crippen molar-refractivity contribution in [2.45, 2.75) is 18.2 Å². The van der Waals surface area contributed by atoms with Gasteiger partial charge >= 0.3 is 0 Å². The highest BCUT2D eigenvalue weighted by atomic mass is 35.5. The Kier molecular flexibility index (Phi) is 8.37. The second-order valence-electron chi connectivity index (χ2n) is 7.40. The maximum Gasteiger partial charge on any atom is 0.245 e. The molecule has 0 aliphatic carbocycles. The summed E-state index contributed by atoms with van der Waals surface area (Å²) < 4.78 is 33.3. The zero-order valence-electron chi connectivity index (χ0n) is 18.2. The predicted molar refractivity (Wildman–Crippen MR) is 132 cm³/mol. The Bertz CT molecular complexity index is 1230. The third-order valence-electron chi connectivity index (χ3n) is 4.95. The van der Waals surface area contributed by atoms with Crippen molar-refractivity contribution < 1.29 is 17.9 Å². The fraction of sp³-hybridized carbons (Fsp3) is 0.208. The van der Waals surface area contributed by atoms with Crippen molar-refractivity contribution in [2.24, 2.45) is 0 Å². The molecule has 174 valence electrons. The fourth-order valence-electron chi connectivity index (χ4n) is 3.27. The van der Waals surface area contributed by atoms with E-state index in [0.29, 0.717) is 17.9 Å². The lowest BCUT2D eigenvalue weighted by Crippen LogP contribution is -2.39. The summed E-state index contributed by atoms with van der Waals surface area (Å²) in [7, 11) is -2.61. The van der Waals surface area contributed by atoms with E-state index in [0.717, 1.165) is 15.4 Å². The van der Waals surface area contributed by atoms with E-state index >= 15 is 0 Å². The summed E-state index contributed by atoms with van der Waals surface area (Å²) in [6.45, 7) is 1.55. The van der Waals surface area contributed by atoms with Crippen molar-refractivity contribution in [1.82, 2.24) is 4.31 Å². The van der Waals surface area contributed by atoms with Crippen LogP contribution in [0.2, 0.25) is 10.0 Å². The zero-order chi connectivity index (χ0) is 24.0. The largest absolute Gasteiger partial charge is 0.495 e. The van der Waals surface area contributed by atoms with E-state index in [1.54, 1.807) is 12.1 Å². The molecule has 0 spiro atoms. The van der Waals surface area contributed by atoms with E-state index in [9.17, 15) is 13.2 Å². The molecule has 0 radical (unpaired) electrons. The molecule has 3 rings (SSSR count). The van der Waals surface area contributed by atoms with Gasteiger partial charge in [0.05, 0.1) is 24.4 Å². The molecule has 3 aromatic carbocycles. The van der Waals surface area contributed by atoms with Crippen LogP contribution in [0, 0.1) is 6.92 Å². The van der Waals surface area contributed by atoms with Crippen molar-refractivity contribution in [3.63, 3.8) is 0 Å². The molecule has 9 heteroatoms. The van der Waals surface area contributed by atoms with Gasteiger partial charge in [0.15, 0.2) is 0 Å². The second-order valence-corrected chi connectivity index (χ2v) is 10.2. The van der Waals surface area contributed by atoms with Crippen LogP contribution >= 0.6 is 23.2 Å². The molecular formula is C24H24Cl2N2O4S. The van der Waals surface area contributed by atoms with Crippen molar-refractivity contribution in [2.75, 3.05) is 25.5 Å². The Morgan fingerprint density at radius 3 is 2.45 bits per heavy atom. The van der Waals surface area contributed by atoms with E-state index in [-0.39, 0.29) is 21.5 Å². The highest BCUT2D eigenvalue weighted by molar-refractivity contribution is 7.89. The standard InChI is InChI=1S/C24H24Cl2N2O4S/c1-17-8-11-22(32-2)21(14-17)27-24(29)16-28(13-12-18-6-4-3-5-7-18)33(30,31)23-15-19(25)9-10-20(23)26/h3-11,14-15H,12-13,16H2,1-2H3,(H,27,29). The number of benzene rings is 3. The van der Waals surface area contributed by atoms with Crippen molar-refractivity contribution in [3.05, 3.63) is 87.9 Å². The van der Waals surface area contributed by atoms with Crippen LogP contribution in [0.15, 0.2) is 71.6 Å². The monoisotopic (exact) mass is 506 g/mol. The number of sulfonamides is 1. The van der Waals surface area contributed by atoms with Crippen LogP contribution in [-0.4, -0.2) is 38.8 Å². The Balaban J connectivity index is 1.89. The van der Waals surface area contributed by atoms with E-state index in [1.807, 2.05) is 43.3 Å². The SMILES string of the molecule is COc1ccc(C)cc1NC(=O)CN(CCc1ccccc1)S(=O)(=O)c1cc(Cl)ccc1Cl. The summed E-state index contributed by atoms with van der Waals surface area (Å²) in [5.41, 5.74) is 2.32. The molecule has 3 aromatic rings. The van der Waals surface area contributed by atoms with Crippen LogP contribution in [0.4, 0.5) is 5.69 Å². The summed E-state index contributed by atoms with van der Waals surface area (Å²) in [5, 5.41) is 3.02. The van der Waals surface area contributed by atoms with E-state index in [4.69, 9.17) is 27.9 Å². The number of halogens is 2. The number of hydrogen-bond acceptors (Lipinski definition) is 4. The fourth-order valence-corrected chi connectivity index (χ4v) is 5.40. The molecule has 0 saturated heterocycles. The van der Waals surface area contributed by atoms with Gasteiger partial charge in [-0.1, -0.05) is 59.6 Å². The Labute approximate surface area is 204 Å². The van der Waals surface area contributed by atoms with Crippen LogP contribution in [0.5, 0.6) is 5.75 Å². The van der Waals surface area contributed by atoms with Crippen molar-refractivity contribution in [3.8, 4) is 5.75 Å². The van der Waals surface area contributed by atoms with Gasteiger partial charge in [0.1, 0.15) is 10.6 Å². The second kappa shape index (κ2) is 11.0. The first-order valence-electron chi connectivity index (χ1n) is 10.1. The third kappa shape index (κ3) is 6.48. The molecule has 33 heavy (non-hydrogen) atoms. The first-order valence-corrected chi connectivity index (χ1v) is 12.3. The third-order valence-corrected chi connectivity index (χ3v) is 7.51. The number of aryl methyl sites for hydroxylation is 1. The lowest BCUT2D eigenvalue weighted by Gasteiger charge is -2.23. The zero-order valence-corrected chi connectivity index (χ0v) is 20.5. The highest BCUT2D eigenvalue weighted by Crippen LogP contribution is 2.29. The number of carbonyl (C=O) groups is 1. The van der Waals surface area contributed by atoms with Gasteiger partial charge in [-0.3, -0.25) is 4.79 Å². The van der Waals surface area contributed by atoms with E-state index in [2.05, 4.69) is 5.32 Å². The Morgan fingerprint density at radius 2 is 1.76 bits per heavy atom. The molecule has 1 amide bonds. The molecule has 0 aromatic heterocycles. The number of nitrogens with one attached hydrogen (secondary N) is 1. The van der Waals surface area contributed by atoms with Crippen molar-refractivity contribution >= 4 is 44.8 Å². The summed E-state index contributed by atoms with van der Waals surface area (Å²) in [5.74, 6) is -0.0285. The molecular weight excluding hydrogens is 483 g/mol. The number of anilines is 1. The molecule has 0 bridgehead atoms. The minimum Gasteiger partial charge on any atom is -0.495 e. The summed E-state index contributed by atoms with van der Waals surface area (Å²) in [4.78, 5) is 12.8. The number of hydrogen-bond donors (Lipinski definition) is 1. The average molecular weight is 507 g/mol. The van der Waals surface area contributed by atoms with Crippen molar-refractivity contribution in [1.29, 1.82) is 0 Å². The van der Waals surface area contributed by atoms with Gasteiger partial charge in [-0.25, -0.2) is 8.42 Å². The van der Waals surface area contributed by atoms with Gasteiger partial charge in [-0.05, 0) is 54.8 Å². The lowest BCUT2D eigenvalue weighted by molar-refractivity contribution is -0.116. The van der Waals surface area contributed by atoms with Crippen LogP contribution in [0.25, 0.3) is 0 Å². The van der Waals surface area contributed by atoms with Gasteiger partial charge < -0.3 is 10.1 Å². The lowest BCUT2D eigenvalue weighted by atomic mass is 10.1. The highest BCUT2D eigenvalue weighted by Gasteiger charge is 2.29. The van der Waals surface area contributed by atoms with E-state index < -0.39 is 22.5 Å². The Morgan fingerprint density at radius 1 is 1.03 bits per heavy atom. The minimum atomic E-state index is -4.11. The van der Waals surface area contributed by atoms with Gasteiger partial charge in [-0.2, -0.15) is 4.31 Å². The smallest absolute Gasteiger partial charge is 0.245 e. The molecule has 0 atom stereocenters. The first-order chi connectivity index (χ1) is 15.7. The first kappa shape index (κ1) is 25.1. The molecule has 0 saturated carbocycles.